The van der Waals surface area contributed by atoms with E-state index < -0.39 is 17.1 Å². The third-order valence-electron chi connectivity index (χ3n) is 1.65. The average molecular weight is 315 g/mol. The first kappa shape index (κ1) is 21.5. The highest BCUT2D eigenvalue weighted by Crippen LogP contribution is 2.42. The fraction of sp³-hybridized carbons (Fsp3) is 1.00. The van der Waals surface area contributed by atoms with E-state index in [4.69, 9.17) is 13.7 Å². The fourth-order valence-corrected chi connectivity index (χ4v) is 3.23. The number of hydrogen-bond donors (Lipinski definition) is 1. The summed E-state index contributed by atoms with van der Waals surface area (Å²) in [6.07, 6.45) is 1.16. The smallest absolute Gasteiger partial charge is 0.394 e. The van der Waals surface area contributed by atoms with Gasteiger partial charge in [-0.25, -0.2) is 4.57 Å². The maximum Gasteiger partial charge on any atom is 0.472 e. The highest BCUT2D eigenvalue weighted by molar-refractivity contribution is 7.47. The monoisotopic (exact) mass is 315 g/mol. The first-order valence-corrected chi connectivity index (χ1v) is 9.72. The summed E-state index contributed by atoms with van der Waals surface area (Å²) < 4.78 is 30.0. The molecule has 0 heterocycles. The van der Waals surface area contributed by atoms with Gasteiger partial charge in [-0.15, -0.1) is 0 Å². The quantitative estimate of drug-likeness (QED) is 0.493. The molecule has 0 fully saturated rings. The van der Waals surface area contributed by atoms with Crippen molar-refractivity contribution in [2.24, 2.45) is 0 Å². The maximum absolute atomic E-state index is 10.5. The third kappa shape index (κ3) is 16.2. The molecule has 6 nitrogen and oxygen atoms in total. The molecule has 0 saturated heterocycles. The van der Waals surface area contributed by atoms with Crippen molar-refractivity contribution >= 4 is 17.1 Å². The van der Waals surface area contributed by atoms with E-state index in [9.17, 15) is 4.57 Å². The van der Waals surface area contributed by atoms with Gasteiger partial charge in [-0.3, -0.25) is 9.05 Å². The van der Waals surface area contributed by atoms with Crippen LogP contribution in [0.2, 0.25) is 6.04 Å². The minimum Gasteiger partial charge on any atom is -0.394 e. The van der Waals surface area contributed by atoms with Gasteiger partial charge in [-0.05, 0) is 33.7 Å². The summed E-state index contributed by atoms with van der Waals surface area (Å²) in [6.45, 7) is 11.4. The Morgan fingerprint density at radius 2 is 1.32 bits per heavy atom. The molecule has 0 saturated carbocycles. The Hall–Kier alpha value is 0.247. The zero-order valence-electron chi connectivity index (χ0n) is 12.7. The van der Waals surface area contributed by atoms with Gasteiger partial charge in [0.25, 0.3) is 0 Å². The van der Waals surface area contributed by atoms with Gasteiger partial charge in [-0.2, -0.15) is 0 Å². The minimum absolute atomic E-state index is 0.188. The molecule has 0 spiro atoms. The Labute approximate surface area is 118 Å². The predicted octanol–water partition coefficient (Wildman–Crippen LogP) is 3.12. The van der Waals surface area contributed by atoms with Crippen molar-refractivity contribution in [2.45, 2.75) is 47.1 Å². The van der Waals surface area contributed by atoms with Gasteiger partial charge < -0.3 is 13.7 Å². The van der Waals surface area contributed by atoms with E-state index in [1.807, 2.05) is 13.8 Å². The van der Waals surface area contributed by atoms with Crippen LogP contribution in [0.5, 0.6) is 0 Å². The summed E-state index contributed by atoms with van der Waals surface area (Å²) in [5.74, 6) is 0. The van der Waals surface area contributed by atoms with Crippen LogP contribution in [-0.2, 0) is 22.5 Å². The van der Waals surface area contributed by atoms with Gasteiger partial charge in [0.15, 0.2) is 0 Å². The van der Waals surface area contributed by atoms with Gasteiger partial charge in [0.1, 0.15) is 0 Å². The van der Waals surface area contributed by atoms with Crippen molar-refractivity contribution < 1.29 is 27.4 Å². The molecule has 0 aliphatic carbocycles. The molecule has 0 amide bonds. The van der Waals surface area contributed by atoms with Crippen molar-refractivity contribution in [1.29, 1.82) is 0 Å². The summed E-state index contributed by atoms with van der Waals surface area (Å²) in [7, 11) is -4.59. The highest BCUT2D eigenvalue weighted by Gasteiger charge is 2.17. The second-order valence-corrected chi connectivity index (χ2v) is 6.57. The van der Waals surface area contributed by atoms with Crippen molar-refractivity contribution in [3.8, 4) is 0 Å². The van der Waals surface area contributed by atoms with Gasteiger partial charge in [0, 0.05) is 13.2 Å². The normalized spacial score (nSPS) is 11.3. The zero-order valence-corrected chi connectivity index (χ0v) is 14.6. The number of phosphoric acid groups is 1. The van der Waals surface area contributed by atoms with E-state index in [1.165, 1.54) is 0 Å². The summed E-state index contributed by atoms with van der Waals surface area (Å²) in [6, 6.07) is 1.10. The zero-order chi connectivity index (χ0) is 15.1. The van der Waals surface area contributed by atoms with Crippen LogP contribution in [0.1, 0.15) is 41.0 Å². The number of phosphoric ester groups is 1. The lowest BCUT2D eigenvalue weighted by Gasteiger charge is -2.11. The molecular formula is C11H28O6PSi. The van der Waals surface area contributed by atoms with E-state index in [0.717, 1.165) is 25.7 Å². The van der Waals surface area contributed by atoms with Gasteiger partial charge in [0.2, 0.25) is 0 Å². The van der Waals surface area contributed by atoms with Gasteiger partial charge in [0.05, 0.1) is 13.2 Å². The van der Waals surface area contributed by atoms with Gasteiger partial charge in [-0.1, -0.05) is 13.3 Å². The predicted molar refractivity (Wildman–Crippen MR) is 77.2 cm³/mol. The Balaban J connectivity index is 0. The van der Waals surface area contributed by atoms with Crippen molar-refractivity contribution in [3.05, 3.63) is 0 Å². The van der Waals surface area contributed by atoms with E-state index >= 15 is 0 Å². The van der Waals surface area contributed by atoms with Crippen LogP contribution in [-0.4, -0.2) is 40.6 Å². The largest absolute Gasteiger partial charge is 0.472 e. The molecular weight excluding hydrogens is 287 g/mol. The minimum atomic E-state index is -3.69. The van der Waals surface area contributed by atoms with Gasteiger partial charge >= 0.3 is 17.1 Å². The molecule has 8 heteroatoms. The summed E-state index contributed by atoms with van der Waals surface area (Å²) >= 11 is 0. The standard InChI is InChI=1S/C7H17O2Si.C4H11O4P/c1-4-7-10(8-5-2)9-6-3;1-3-7-9(5,6)8-4-2/h4-7H2,1-3H3;3-4H2,1-2H3,(H,5,6). The molecule has 0 aromatic rings. The van der Waals surface area contributed by atoms with Crippen LogP contribution in [0.4, 0.5) is 0 Å². The SMILES string of the molecule is CCC[Si](OCC)OCC.CCOP(=O)(O)OCC. The summed E-state index contributed by atoms with van der Waals surface area (Å²) in [5, 5.41) is 0. The Morgan fingerprint density at radius 3 is 1.58 bits per heavy atom. The van der Waals surface area contributed by atoms with E-state index in [1.54, 1.807) is 13.8 Å². The first-order chi connectivity index (χ1) is 8.97. The highest BCUT2D eigenvalue weighted by atomic mass is 31.2. The van der Waals surface area contributed by atoms with Crippen LogP contribution >= 0.6 is 7.82 Å². The second kappa shape index (κ2) is 14.7. The molecule has 1 radical (unpaired) electrons. The first-order valence-electron chi connectivity index (χ1n) is 6.70. The van der Waals surface area contributed by atoms with Crippen molar-refractivity contribution in [1.82, 2.24) is 0 Å². The van der Waals surface area contributed by atoms with E-state index in [2.05, 4.69) is 16.0 Å². The molecule has 0 atom stereocenters. The summed E-state index contributed by atoms with van der Waals surface area (Å²) in [4.78, 5) is 8.63. The molecule has 0 aliphatic rings. The summed E-state index contributed by atoms with van der Waals surface area (Å²) in [5.41, 5.74) is 0. The van der Waals surface area contributed by atoms with Crippen LogP contribution < -0.4 is 0 Å². The topological polar surface area (TPSA) is 74.2 Å². The third-order valence-corrected chi connectivity index (χ3v) is 4.95. The van der Waals surface area contributed by atoms with Crippen LogP contribution in [0.25, 0.3) is 0 Å². The van der Waals surface area contributed by atoms with E-state index in [0.29, 0.717) is 0 Å². The Morgan fingerprint density at radius 1 is 0.895 bits per heavy atom. The molecule has 0 aromatic heterocycles. The Kier molecular flexibility index (Phi) is 16.6. The average Bonchev–Trinajstić information content (AvgIpc) is 2.30. The lowest BCUT2D eigenvalue weighted by atomic mass is 10.6. The number of hydrogen-bond acceptors (Lipinski definition) is 5. The van der Waals surface area contributed by atoms with Crippen LogP contribution in [0, 0.1) is 0 Å². The number of rotatable bonds is 10. The van der Waals surface area contributed by atoms with Crippen LogP contribution in [0.15, 0.2) is 0 Å². The molecule has 1 N–H and O–H groups in total. The second-order valence-electron chi connectivity index (χ2n) is 3.29. The molecule has 0 aromatic carbocycles. The lowest BCUT2D eigenvalue weighted by molar-refractivity contribution is 0.161. The van der Waals surface area contributed by atoms with Crippen LogP contribution in [0.3, 0.4) is 0 Å². The molecule has 0 unspecified atom stereocenters. The molecule has 117 valence electrons. The molecule has 19 heavy (non-hydrogen) atoms. The lowest BCUT2D eigenvalue weighted by Crippen LogP contribution is -2.22. The Bertz CT molecular complexity index is 205. The molecule has 0 rings (SSSR count). The molecule has 0 bridgehead atoms. The van der Waals surface area contributed by atoms with Crippen molar-refractivity contribution in [2.75, 3.05) is 26.4 Å². The fourth-order valence-electron chi connectivity index (χ4n) is 1.08. The maximum atomic E-state index is 10.5. The van der Waals surface area contributed by atoms with E-state index in [-0.39, 0.29) is 13.2 Å². The molecule has 0 aliphatic heterocycles. The van der Waals surface area contributed by atoms with Crippen molar-refractivity contribution in [3.63, 3.8) is 0 Å².